The Bertz CT molecular complexity index is 884. The summed E-state index contributed by atoms with van der Waals surface area (Å²) in [6.07, 6.45) is 7.43. The fraction of sp³-hybridized carbons (Fsp3) is 0.350. The summed E-state index contributed by atoms with van der Waals surface area (Å²) in [5.41, 5.74) is 2.94. The number of hydrogen-bond donors (Lipinski definition) is 2. The van der Waals surface area contributed by atoms with E-state index in [1.54, 1.807) is 12.4 Å². The molecule has 1 fully saturated rings. The molecule has 2 N–H and O–H groups in total. The van der Waals surface area contributed by atoms with E-state index in [9.17, 15) is 4.79 Å². The number of carbonyl (C=O) groups is 1. The van der Waals surface area contributed by atoms with E-state index in [-0.39, 0.29) is 11.8 Å². The first kappa shape index (κ1) is 17.5. The zero-order chi connectivity index (χ0) is 18.6. The van der Waals surface area contributed by atoms with Crippen molar-refractivity contribution in [1.82, 2.24) is 24.6 Å². The third-order valence-electron chi connectivity index (χ3n) is 5.07. The number of imidazole rings is 1. The van der Waals surface area contributed by atoms with Gasteiger partial charge in [0, 0.05) is 48.7 Å². The monoisotopic (exact) mass is 364 g/mol. The number of rotatable bonds is 5. The first-order valence-electron chi connectivity index (χ1n) is 9.31. The van der Waals surface area contributed by atoms with Crippen LogP contribution >= 0.6 is 0 Å². The average molecular weight is 364 g/mol. The third-order valence-corrected chi connectivity index (χ3v) is 5.07. The molecule has 0 bridgehead atoms. The van der Waals surface area contributed by atoms with Crippen molar-refractivity contribution in [3.63, 3.8) is 0 Å². The lowest BCUT2D eigenvalue weighted by Gasteiger charge is -2.31. The summed E-state index contributed by atoms with van der Waals surface area (Å²) < 4.78 is 2.01. The van der Waals surface area contributed by atoms with Gasteiger partial charge in [-0.25, -0.2) is 4.98 Å². The normalized spacial score (nSPS) is 17.7. The zero-order valence-electron chi connectivity index (χ0n) is 15.4. The number of aromatic amines is 1. The summed E-state index contributed by atoms with van der Waals surface area (Å²) in [4.78, 5) is 19.3. The van der Waals surface area contributed by atoms with Crippen molar-refractivity contribution in [3.05, 3.63) is 60.4 Å². The second kappa shape index (κ2) is 7.75. The Balaban J connectivity index is 1.36. The minimum atomic E-state index is 0.0113. The quantitative estimate of drug-likeness (QED) is 0.730. The fourth-order valence-corrected chi connectivity index (χ4v) is 3.63. The Labute approximate surface area is 158 Å². The van der Waals surface area contributed by atoms with Gasteiger partial charge in [-0.2, -0.15) is 5.10 Å². The van der Waals surface area contributed by atoms with Crippen molar-refractivity contribution in [2.24, 2.45) is 5.92 Å². The molecule has 1 aliphatic heterocycles. The molecule has 1 aliphatic rings. The molecule has 0 spiro atoms. The van der Waals surface area contributed by atoms with Crippen LogP contribution in [0.1, 0.15) is 24.4 Å². The Morgan fingerprint density at radius 1 is 1.26 bits per heavy atom. The van der Waals surface area contributed by atoms with Crippen LogP contribution in [0, 0.1) is 12.8 Å². The number of likely N-dealkylation sites (tertiary alicyclic amines) is 1. The molecular formula is C20H24N6O. The lowest BCUT2D eigenvalue weighted by molar-refractivity contribution is -0.121. The van der Waals surface area contributed by atoms with Crippen molar-refractivity contribution in [2.75, 3.05) is 18.4 Å². The fourth-order valence-electron chi connectivity index (χ4n) is 3.63. The number of carbonyl (C=O) groups excluding carboxylic acids is 1. The van der Waals surface area contributed by atoms with Crippen LogP contribution in [-0.2, 0) is 11.3 Å². The summed E-state index contributed by atoms with van der Waals surface area (Å²) in [6.45, 7) is 4.56. The Morgan fingerprint density at radius 3 is 2.81 bits per heavy atom. The van der Waals surface area contributed by atoms with E-state index in [1.165, 1.54) is 0 Å². The number of nitrogens with zero attached hydrogens (tertiary/aromatic N) is 4. The summed E-state index contributed by atoms with van der Waals surface area (Å²) in [5, 5.41) is 10.0. The van der Waals surface area contributed by atoms with Crippen LogP contribution < -0.4 is 5.32 Å². The number of anilines is 1. The van der Waals surface area contributed by atoms with Gasteiger partial charge in [0.05, 0.1) is 5.92 Å². The highest BCUT2D eigenvalue weighted by atomic mass is 16.1. The van der Waals surface area contributed by atoms with Crippen LogP contribution in [0.3, 0.4) is 0 Å². The number of amides is 1. The molecule has 7 nitrogen and oxygen atoms in total. The summed E-state index contributed by atoms with van der Waals surface area (Å²) in [6, 6.07) is 9.86. The van der Waals surface area contributed by atoms with Gasteiger partial charge in [0.1, 0.15) is 5.82 Å². The van der Waals surface area contributed by atoms with E-state index < -0.39 is 0 Å². The highest BCUT2D eigenvalue weighted by Gasteiger charge is 2.26. The maximum Gasteiger partial charge on any atom is 0.228 e. The second-order valence-corrected chi connectivity index (χ2v) is 7.04. The van der Waals surface area contributed by atoms with E-state index >= 15 is 0 Å². The maximum atomic E-state index is 12.7. The van der Waals surface area contributed by atoms with Crippen molar-refractivity contribution in [1.29, 1.82) is 0 Å². The SMILES string of the molecule is Cc1nccn1-c1ccc(NC(=O)C2CCCN(Cc3ccn[nH]3)C2)cc1. The minimum Gasteiger partial charge on any atom is -0.326 e. The molecule has 2 aromatic heterocycles. The number of aromatic nitrogens is 4. The van der Waals surface area contributed by atoms with Gasteiger partial charge in [0.15, 0.2) is 0 Å². The van der Waals surface area contributed by atoms with Crippen LogP contribution in [0.25, 0.3) is 5.69 Å². The van der Waals surface area contributed by atoms with Crippen LogP contribution in [0.2, 0.25) is 0 Å². The first-order valence-corrected chi connectivity index (χ1v) is 9.31. The molecule has 0 radical (unpaired) electrons. The van der Waals surface area contributed by atoms with Crippen molar-refractivity contribution >= 4 is 11.6 Å². The molecule has 1 aromatic carbocycles. The van der Waals surface area contributed by atoms with Crippen LogP contribution in [0.5, 0.6) is 0 Å². The predicted octanol–water partition coefficient (Wildman–Crippen LogP) is 2.75. The Kier molecular flexibility index (Phi) is 5.02. The molecule has 3 heterocycles. The molecule has 0 saturated carbocycles. The van der Waals surface area contributed by atoms with Crippen LogP contribution in [0.15, 0.2) is 48.9 Å². The van der Waals surface area contributed by atoms with Gasteiger partial charge in [-0.3, -0.25) is 14.8 Å². The number of piperidine rings is 1. The van der Waals surface area contributed by atoms with Gasteiger partial charge in [0.2, 0.25) is 5.91 Å². The summed E-state index contributed by atoms with van der Waals surface area (Å²) in [7, 11) is 0. The number of hydrogen-bond acceptors (Lipinski definition) is 4. The molecule has 4 rings (SSSR count). The average Bonchev–Trinajstić information content (AvgIpc) is 3.34. The first-order chi connectivity index (χ1) is 13.2. The molecule has 0 aliphatic carbocycles. The molecule has 7 heteroatoms. The number of H-pyrrole nitrogens is 1. The third kappa shape index (κ3) is 4.09. The van der Waals surface area contributed by atoms with Gasteiger partial charge in [-0.15, -0.1) is 0 Å². The molecule has 3 aromatic rings. The lowest BCUT2D eigenvalue weighted by Crippen LogP contribution is -2.40. The van der Waals surface area contributed by atoms with Gasteiger partial charge in [0.25, 0.3) is 0 Å². The van der Waals surface area contributed by atoms with Gasteiger partial charge >= 0.3 is 0 Å². The van der Waals surface area contributed by atoms with E-state index in [0.717, 1.165) is 55.4 Å². The molecule has 1 atom stereocenters. The Hall–Kier alpha value is -2.93. The molecule has 140 valence electrons. The van der Waals surface area contributed by atoms with E-state index in [2.05, 4.69) is 25.4 Å². The van der Waals surface area contributed by atoms with E-state index in [1.807, 2.05) is 48.0 Å². The molecule has 1 saturated heterocycles. The predicted molar refractivity (Wildman–Crippen MR) is 104 cm³/mol. The highest BCUT2D eigenvalue weighted by molar-refractivity contribution is 5.92. The van der Waals surface area contributed by atoms with Gasteiger partial charge in [-0.05, 0) is 56.6 Å². The Morgan fingerprint density at radius 2 is 2.11 bits per heavy atom. The minimum absolute atomic E-state index is 0.0113. The smallest absolute Gasteiger partial charge is 0.228 e. The second-order valence-electron chi connectivity index (χ2n) is 7.04. The van der Waals surface area contributed by atoms with Crippen LogP contribution in [0.4, 0.5) is 5.69 Å². The van der Waals surface area contributed by atoms with Crippen molar-refractivity contribution < 1.29 is 4.79 Å². The highest BCUT2D eigenvalue weighted by Crippen LogP contribution is 2.21. The lowest BCUT2D eigenvalue weighted by atomic mass is 9.97. The van der Waals surface area contributed by atoms with Gasteiger partial charge < -0.3 is 9.88 Å². The molecule has 1 amide bonds. The molecule has 27 heavy (non-hydrogen) atoms. The molecular weight excluding hydrogens is 340 g/mol. The van der Waals surface area contributed by atoms with E-state index in [0.29, 0.717) is 0 Å². The zero-order valence-corrected chi connectivity index (χ0v) is 15.4. The number of benzene rings is 1. The number of aryl methyl sites for hydroxylation is 1. The standard InChI is InChI=1S/C20H24N6O/c1-15-21-10-12-26(15)19-6-4-17(5-7-19)23-20(27)16-3-2-11-25(13-16)14-18-8-9-22-24-18/h4-10,12,16H,2-3,11,13-14H2,1H3,(H,22,24)(H,23,27). The topological polar surface area (TPSA) is 78.8 Å². The molecule has 1 unspecified atom stereocenters. The van der Waals surface area contributed by atoms with Crippen molar-refractivity contribution in [3.8, 4) is 5.69 Å². The van der Waals surface area contributed by atoms with E-state index in [4.69, 9.17) is 0 Å². The van der Waals surface area contributed by atoms with Crippen LogP contribution in [-0.4, -0.2) is 43.6 Å². The number of nitrogens with one attached hydrogen (secondary N) is 2. The maximum absolute atomic E-state index is 12.7. The van der Waals surface area contributed by atoms with Crippen molar-refractivity contribution in [2.45, 2.75) is 26.3 Å². The summed E-state index contributed by atoms with van der Waals surface area (Å²) >= 11 is 0. The summed E-state index contributed by atoms with van der Waals surface area (Å²) in [5.74, 6) is 1.04. The largest absolute Gasteiger partial charge is 0.326 e. The van der Waals surface area contributed by atoms with Gasteiger partial charge in [-0.1, -0.05) is 0 Å².